The van der Waals surface area contributed by atoms with Crippen LogP contribution in [0.4, 0.5) is 0 Å². The molecule has 0 saturated carbocycles. The molecule has 2 nitrogen and oxygen atoms in total. The van der Waals surface area contributed by atoms with Gasteiger partial charge < -0.3 is 9.47 Å². The molecule has 0 aliphatic rings. The van der Waals surface area contributed by atoms with Crippen LogP contribution in [-0.2, 0) is 9.47 Å². The molecule has 0 fully saturated rings. The summed E-state index contributed by atoms with van der Waals surface area (Å²) in [5.41, 5.74) is 0. The topological polar surface area (TPSA) is 18.5 Å². The Bertz CT molecular complexity index is 57.1. The van der Waals surface area contributed by atoms with Gasteiger partial charge in [-0.15, -0.1) is 0 Å². The maximum absolute atomic E-state index is 5.07. The van der Waals surface area contributed by atoms with Gasteiger partial charge in [0.05, 0.1) is 0 Å². The van der Waals surface area contributed by atoms with Gasteiger partial charge in [0.25, 0.3) is 0 Å². The minimum absolute atomic E-state index is 0.861. The zero-order valence-corrected chi connectivity index (χ0v) is 12.5. The van der Waals surface area contributed by atoms with Crippen molar-refractivity contribution < 1.29 is 9.47 Å². The molecule has 0 aliphatic heterocycles. The van der Waals surface area contributed by atoms with Crippen molar-refractivity contribution in [1.82, 2.24) is 0 Å². The molecule has 16 heavy (non-hydrogen) atoms. The van der Waals surface area contributed by atoms with Gasteiger partial charge in [0.2, 0.25) is 0 Å². The molecule has 0 atom stereocenters. The Hall–Kier alpha value is -0.0800. The average molecular weight is 234 g/mol. The van der Waals surface area contributed by atoms with Crippen LogP contribution < -0.4 is 0 Å². The van der Waals surface area contributed by atoms with E-state index in [9.17, 15) is 0 Å². The first-order valence-corrected chi connectivity index (χ1v) is 6.98. The van der Waals surface area contributed by atoms with Crippen LogP contribution in [0.1, 0.15) is 67.2 Å². The van der Waals surface area contributed by atoms with E-state index >= 15 is 0 Å². The summed E-state index contributed by atoms with van der Waals surface area (Å²) < 4.78 is 10.1. The molecule has 0 unspecified atom stereocenters. The van der Waals surface area contributed by atoms with Gasteiger partial charge in [-0.1, -0.05) is 40.5 Å². The molecule has 0 saturated heterocycles. The Labute approximate surface area is 104 Å². The Morgan fingerprint density at radius 1 is 0.625 bits per heavy atom. The molecule has 0 radical (unpaired) electrons. The summed E-state index contributed by atoms with van der Waals surface area (Å²) in [5, 5.41) is 0. The smallest absolute Gasteiger partial charge is 0.0465 e. The largest absolute Gasteiger partial charge is 0.382 e. The summed E-state index contributed by atoms with van der Waals surface area (Å²) >= 11 is 0. The van der Waals surface area contributed by atoms with E-state index in [0.29, 0.717) is 0 Å². The summed E-state index contributed by atoms with van der Waals surface area (Å²) in [5.74, 6) is 0. The third-order valence-corrected chi connectivity index (χ3v) is 1.69. The third-order valence-electron chi connectivity index (χ3n) is 1.69. The van der Waals surface area contributed by atoms with Gasteiger partial charge >= 0.3 is 0 Å². The average Bonchev–Trinajstić information content (AvgIpc) is 2.34. The number of hydrogen-bond acceptors (Lipinski definition) is 2. The second kappa shape index (κ2) is 29.4. The Balaban J connectivity index is -0.000000183. The summed E-state index contributed by atoms with van der Waals surface area (Å²) in [7, 11) is 0. The van der Waals surface area contributed by atoms with Crippen molar-refractivity contribution >= 4 is 0 Å². The lowest BCUT2D eigenvalue weighted by atomic mass is 10.4. The van der Waals surface area contributed by atoms with E-state index in [1.165, 1.54) is 25.7 Å². The maximum Gasteiger partial charge on any atom is 0.0465 e. The number of rotatable bonds is 8. The zero-order valence-electron chi connectivity index (χ0n) is 12.5. The molecular formula is C14H34O2. The van der Waals surface area contributed by atoms with E-state index < -0.39 is 0 Å². The van der Waals surface area contributed by atoms with E-state index in [2.05, 4.69) is 13.8 Å². The van der Waals surface area contributed by atoms with E-state index in [4.69, 9.17) is 9.47 Å². The van der Waals surface area contributed by atoms with Crippen molar-refractivity contribution in [2.75, 3.05) is 26.4 Å². The predicted octanol–water partition coefficient (Wildman–Crippen LogP) is 4.67. The Kier molecular flexibility index (Phi) is 39.0. The van der Waals surface area contributed by atoms with Crippen molar-refractivity contribution in [2.24, 2.45) is 0 Å². The quantitative estimate of drug-likeness (QED) is 0.568. The van der Waals surface area contributed by atoms with Crippen LogP contribution in [0.5, 0.6) is 0 Å². The fraction of sp³-hybridized carbons (Fsp3) is 1.00. The minimum Gasteiger partial charge on any atom is -0.382 e. The highest BCUT2D eigenvalue weighted by molar-refractivity contribution is 4.29. The van der Waals surface area contributed by atoms with Gasteiger partial charge in [-0.25, -0.2) is 0 Å². The number of ether oxygens (including phenoxy) is 2. The van der Waals surface area contributed by atoms with Crippen LogP contribution in [0, 0.1) is 0 Å². The summed E-state index contributed by atoms with van der Waals surface area (Å²) in [6, 6.07) is 0. The standard InChI is InChI=1S/2C6H14O.C2H6/c2*1-3-5-6-7-4-2;1-2/h2*3-6H2,1-2H3;1-2H3. The first-order valence-electron chi connectivity index (χ1n) is 6.98. The number of unbranched alkanes of at least 4 members (excludes halogenated alkanes) is 2. The van der Waals surface area contributed by atoms with Gasteiger partial charge in [-0.3, -0.25) is 0 Å². The SMILES string of the molecule is CC.CCCCOCC.CCCCOCC. The molecule has 0 heterocycles. The summed E-state index contributed by atoms with van der Waals surface area (Å²) in [4.78, 5) is 0. The molecular weight excluding hydrogens is 200 g/mol. The van der Waals surface area contributed by atoms with Crippen molar-refractivity contribution in [3.8, 4) is 0 Å². The number of hydrogen-bond donors (Lipinski definition) is 0. The molecule has 0 aromatic heterocycles. The van der Waals surface area contributed by atoms with Crippen LogP contribution in [0.15, 0.2) is 0 Å². The van der Waals surface area contributed by atoms with Crippen LogP contribution in [-0.4, -0.2) is 26.4 Å². The highest BCUT2D eigenvalue weighted by Gasteiger charge is 1.79. The van der Waals surface area contributed by atoms with Gasteiger partial charge in [-0.2, -0.15) is 0 Å². The van der Waals surface area contributed by atoms with Crippen LogP contribution >= 0.6 is 0 Å². The molecule has 0 aromatic rings. The lowest BCUT2D eigenvalue weighted by Gasteiger charge is -1.94. The van der Waals surface area contributed by atoms with E-state index in [-0.39, 0.29) is 0 Å². The van der Waals surface area contributed by atoms with E-state index in [1.54, 1.807) is 0 Å². The van der Waals surface area contributed by atoms with Crippen molar-refractivity contribution in [3.05, 3.63) is 0 Å². The summed E-state index contributed by atoms with van der Waals surface area (Å²) in [6.45, 7) is 16.0. The molecule has 0 spiro atoms. The maximum atomic E-state index is 5.07. The van der Waals surface area contributed by atoms with Gasteiger partial charge in [0, 0.05) is 26.4 Å². The first-order chi connectivity index (χ1) is 7.83. The molecule has 2 heteroatoms. The molecule has 0 rings (SSSR count). The highest BCUT2D eigenvalue weighted by atomic mass is 16.5. The van der Waals surface area contributed by atoms with Crippen LogP contribution in [0.2, 0.25) is 0 Å². The van der Waals surface area contributed by atoms with Crippen molar-refractivity contribution in [3.63, 3.8) is 0 Å². The van der Waals surface area contributed by atoms with Gasteiger partial charge in [0.1, 0.15) is 0 Å². The van der Waals surface area contributed by atoms with Gasteiger partial charge in [0.15, 0.2) is 0 Å². The normalized spacial score (nSPS) is 8.62. The lowest BCUT2D eigenvalue weighted by molar-refractivity contribution is 0.144. The fourth-order valence-corrected chi connectivity index (χ4v) is 0.781. The molecule has 102 valence electrons. The van der Waals surface area contributed by atoms with Gasteiger partial charge in [-0.05, 0) is 26.7 Å². The predicted molar refractivity (Wildman–Crippen MR) is 74.2 cm³/mol. The third kappa shape index (κ3) is 37.0. The molecule has 0 bridgehead atoms. The molecule has 0 aromatic carbocycles. The highest BCUT2D eigenvalue weighted by Crippen LogP contribution is 1.86. The van der Waals surface area contributed by atoms with E-state index in [0.717, 1.165) is 26.4 Å². The van der Waals surface area contributed by atoms with Crippen molar-refractivity contribution in [1.29, 1.82) is 0 Å². The second-order valence-electron chi connectivity index (χ2n) is 3.10. The fourth-order valence-electron chi connectivity index (χ4n) is 0.781. The molecule has 0 aliphatic carbocycles. The van der Waals surface area contributed by atoms with E-state index in [1.807, 2.05) is 27.7 Å². The zero-order chi connectivity index (χ0) is 13.1. The molecule has 0 N–H and O–H groups in total. The first kappa shape index (κ1) is 21.2. The van der Waals surface area contributed by atoms with Crippen molar-refractivity contribution in [2.45, 2.75) is 67.2 Å². The van der Waals surface area contributed by atoms with Crippen LogP contribution in [0.25, 0.3) is 0 Å². The summed E-state index contributed by atoms with van der Waals surface area (Å²) in [6.07, 6.45) is 4.88. The Morgan fingerprint density at radius 3 is 1.12 bits per heavy atom. The van der Waals surface area contributed by atoms with Crippen LogP contribution in [0.3, 0.4) is 0 Å². The Morgan fingerprint density at radius 2 is 0.938 bits per heavy atom. The second-order valence-corrected chi connectivity index (χ2v) is 3.10. The molecule has 0 amide bonds. The minimum atomic E-state index is 0.861. The lowest BCUT2D eigenvalue weighted by Crippen LogP contribution is -1.90. The monoisotopic (exact) mass is 234 g/mol.